The second-order valence-corrected chi connectivity index (χ2v) is 17.7. The Morgan fingerprint density at radius 3 is 1.79 bits per heavy atom. The van der Waals surface area contributed by atoms with Crippen molar-refractivity contribution in [2.24, 2.45) is 0 Å². The van der Waals surface area contributed by atoms with Gasteiger partial charge in [-0.15, -0.1) is 0 Å². The summed E-state index contributed by atoms with van der Waals surface area (Å²) < 4.78 is 11.2. The Bertz CT molecular complexity index is 4590. The van der Waals surface area contributed by atoms with Crippen molar-refractivity contribution in [1.29, 1.82) is 0 Å². The van der Waals surface area contributed by atoms with Crippen LogP contribution in [0.25, 0.3) is 143 Å². The van der Waals surface area contributed by atoms with Gasteiger partial charge in [0.1, 0.15) is 11.2 Å². The van der Waals surface area contributed by atoms with E-state index >= 15 is 0 Å². The van der Waals surface area contributed by atoms with Crippen LogP contribution in [0.4, 0.5) is 0 Å². The lowest BCUT2D eigenvalue weighted by Crippen LogP contribution is -2.00. The summed E-state index contributed by atoms with van der Waals surface area (Å²) in [7, 11) is 0. The van der Waals surface area contributed by atoms with Crippen molar-refractivity contribution in [3.05, 3.63) is 218 Å². The topological polar surface area (TPSA) is 48.8 Å². The number of aromatic nitrogens is 4. The first-order valence-corrected chi connectivity index (χ1v) is 22.8. The number of nitrogens with zero attached hydrogens (tertiary/aromatic N) is 4. The van der Waals surface area contributed by atoms with Gasteiger partial charge in [0.05, 0.1) is 50.2 Å². The van der Waals surface area contributed by atoms with Gasteiger partial charge >= 0.3 is 0 Å². The predicted molar refractivity (Wildman–Crippen MR) is 279 cm³/mol. The molecule has 0 spiro atoms. The summed E-state index contributed by atoms with van der Waals surface area (Å²) in [5.74, 6) is 0. The summed E-state index contributed by atoms with van der Waals surface area (Å²) >= 11 is 0. The third-order valence-electron chi connectivity index (χ3n) is 14.0. The van der Waals surface area contributed by atoms with Gasteiger partial charge in [0.2, 0.25) is 0 Å². The average molecular weight is 853 g/mol. The molecule has 0 radical (unpaired) electrons. The van der Waals surface area contributed by atoms with Gasteiger partial charge in [-0.25, -0.2) is 9.97 Å². The summed E-state index contributed by atoms with van der Waals surface area (Å²) in [5.41, 5.74) is 13.8. The van der Waals surface area contributed by atoms with Crippen molar-refractivity contribution in [1.82, 2.24) is 19.1 Å². The molecule has 0 saturated carbocycles. The second kappa shape index (κ2) is 13.7. The van der Waals surface area contributed by atoms with Crippen LogP contribution in [0.2, 0.25) is 0 Å². The molecule has 0 unspecified atom stereocenters. The summed E-state index contributed by atoms with van der Waals surface area (Å²) in [6.07, 6.45) is 0. The minimum absolute atomic E-state index is 0.821. The lowest BCUT2D eigenvalue weighted by atomic mass is 9.98. The standard InChI is InChI=1S/C62H36N4O/c1-2-15-39-34-56-49(32-38(39)14-1)46-28-27-43(65-53-23-11-7-20-48(53)60-45-18-6-3-13-37(45)25-29-54(60)65)36-57(46)66(56)55-35-42(31-40-16-4-5-17-44(40)55)62-61(63-51-21-9-10-22-52(51)64-62)41-26-30-59-50(33-41)47-19-8-12-24-58(47)67-59/h1-36H. The molecule has 0 amide bonds. The molecule has 5 nitrogen and oxygen atoms in total. The normalized spacial score (nSPS) is 12.2. The Morgan fingerprint density at radius 1 is 0.313 bits per heavy atom. The van der Waals surface area contributed by atoms with Gasteiger partial charge in [-0.3, -0.25) is 0 Å². The van der Waals surface area contributed by atoms with Gasteiger partial charge in [0.15, 0.2) is 0 Å². The summed E-state index contributed by atoms with van der Waals surface area (Å²) in [5, 5.41) is 14.2. The highest BCUT2D eigenvalue weighted by Crippen LogP contribution is 2.43. The van der Waals surface area contributed by atoms with E-state index in [2.05, 4.69) is 197 Å². The number of hydrogen-bond acceptors (Lipinski definition) is 3. The predicted octanol–water partition coefficient (Wildman–Crippen LogP) is 16.5. The molecule has 0 saturated heterocycles. The van der Waals surface area contributed by atoms with Crippen molar-refractivity contribution >= 4 is 109 Å². The molecule has 310 valence electrons. The molecule has 0 fully saturated rings. The van der Waals surface area contributed by atoms with Gasteiger partial charge in [-0.2, -0.15) is 0 Å². The van der Waals surface area contributed by atoms with Crippen LogP contribution < -0.4 is 0 Å². The first-order valence-electron chi connectivity index (χ1n) is 22.8. The zero-order valence-electron chi connectivity index (χ0n) is 36.0. The van der Waals surface area contributed by atoms with E-state index in [1.54, 1.807) is 0 Å². The van der Waals surface area contributed by atoms with E-state index in [0.29, 0.717) is 0 Å². The highest BCUT2D eigenvalue weighted by atomic mass is 16.3. The molecule has 5 heteroatoms. The van der Waals surface area contributed by atoms with E-state index in [9.17, 15) is 0 Å². The average Bonchev–Trinajstić information content (AvgIpc) is 4.04. The van der Waals surface area contributed by atoms with Gasteiger partial charge in [0.25, 0.3) is 0 Å². The van der Waals surface area contributed by atoms with E-state index < -0.39 is 0 Å². The smallest absolute Gasteiger partial charge is 0.135 e. The zero-order valence-corrected chi connectivity index (χ0v) is 36.0. The number of rotatable bonds is 4. The molecular formula is C62H36N4O. The van der Waals surface area contributed by atoms with Crippen LogP contribution in [0.15, 0.2) is 223 Å². The van der Waals surface area contributed by atoms with Crippen molar-refractivity contribution in [2.75, 3.05) is 0 Å². The largest absolute Gasteiger partial charge is 0.456 e. The van der Waals surface area contributed by atoms with Crippen molar-refractivity contribution in [2.45, 2.75) is 0 Å². The van der Waals surface area contributed by atoms with Gasteiger partial charge in [-0.05, 0) is 112 Å². The molecule has 0 atom stereocenters. The van der Waals surface area contributed by atoms with Gasteiger partial charge < -0.3 is 13.6 Å². The van der Waals surface area contributed by atoms with Crippen molar-refractivity contribution < 1.29 is 4.42 Å². The number of para-hydroxylation sites is 4. The Hall–Kier alpha value is -9.06. The Balaban J connectivity index is 1.04. The molecule has 0 aliphatic rings. The van der Waals surface area contributed by atoms with Gasteiger partial charge in [-0.1, -0.05) is 133 Å². The Morgan fingerprint density at radius 2 is 0.955 bits per heavy atom. The first kappa shape index (κ1) is 36.3. The number of benzene rings is 11. The highest BCUT2D eigenvalue weighted by molar-refractivity contribution is 6.22. The Kier molecular flexibility index (Phi) is 7.44. The molecule has 67 heavy (non-hydrogen) atoms. The minimum atomic E-state index is 0.821. The number of hydrogen-bond donors (Lipinski definition) is 0. The van der Waals surface area contributed by atoms with Crippen LogP contribution >= 0.6 is 0 Å². The number of furan rings is 1. The monoisotopic (exact) mass is 852 g/mol. The quantitative estimate of drug-likeness (QED) is 0.177. The van der Waals surface area contributed by atoms with Crippen LogP contribution in [0, 0.1) is 0 Å². The second-order valence-electron chi connectivity index (χ2n) is 17.7. The van der Waals surface area contributed by atoms with Crippen LogP contribution in [-0.4, -0.2) is 19.1 Å². The lowest BCUT2D eigenvalue weighted by molar-refractivity contribution is 0.669. The summed E-state index contributed by atoms with van der Waals surface area (Å²) in [6.45, 7) is 0. The Labute approximate surface area is 383 Å². The molecule has 0 aliphatic heterocycles. The minimum Gasteiger partial charge on any atom is -0.456 e. The van der Waals surface area contributed by atoms with Crippen LogP contribution in [-0.2, 0) is 0 Å². The van der Waals surface area contributed by atoms with Crippen LogP contribution in [0.5, 0.6) is 0 Å². The molecule has 4 heterocycles. The first-order chi connectivity index (χ1) is 33.2. The summed E-state index contributed by atoms with van der Waals surface area (Å²) in [6, 6.07) is 78.7. The summed E-state index contributed by atoms with van der Waals surface area (Å²) in [4.78, 5) is 10.9. The van der Waals surface area contributed by atoms with Crippen LogP contribution in [0.1, 0.15) is 0 Å². The molecule has 0 bridgehead atoms. The van der Waals surface area contributed by atoms with Crippen molar-refractivity contribution in [3.8, 4) is 33.9 Å². The maximum absolute atomic E-state index is 6.28. The lowest BCUT2D eigenvalue weighted by Gasteiger charge is -2.17. The highest BCUT2D eigenvalue weighted by Gasteiger charge is 2.22. The fraction of sp³-hybridized carbons (Fsp3) is 0. The van der Waals surface area contributed by atoms with Gasteiger partial charge in [0, 0.05) is 54.5 Å². The molecular weight excluding hydrogens is 817 g/mol. The van der Waals surface area contributed by atoms with E-state index in [4.69, 9.17) is 14.4 Å². The molecule has 15 rings (SSSR count). The fourth-order valence-electron chi connectivity index (χ4n) is 11.0. The molecule has 15 aromatic rings. The third kappa shape index (κ3) is 5.31. The van der Waals surface area contributed by atoms with Crippen molar-refractivity contribution in [3.63, 3.8) is 0 Å². The molecule has 0 N–H and O–H groups in total. The maximum atomic E-state index is 6.28. The number of fused-ring (bicyclic) bond motifs is 14. The third-order valence-corrected chi connectivity index (χ3v) is 14.0. The molecule has 4 aromatic heterocycles. The fourth-order valence-corrected chi connectivity index (χ4v) is 11.0. The zero-order chi connectivity index (χ0) is 43.7. The van der Waals surface area contributed by atoms with E-state index in [1.165, 1.54) is 54.1 Å². The van der Waals surface area contributed by atoms with E-state index in [0.717, 1.165) is 88.7 Å². The SMILES string of the molecule is c1ccc2cc3c(cc2c1)c1ccc(-n2c4ccccc4c4c5ccccc5ccc42)cc1n3-c1cc(-c2nc3ccccc3nc2-c2ccc3oc4ccccc4c3c2)cc2ccccc12. The molecule has 11 aromatic carbocycles. The molecule has 0 aliphatic carbocycles. The van der Waals surface area contributed by atoms with E-state index in [1.807, 2.05) is 30.3 Å². The van der Waals surface area contributed by atoms with Crippen LogP contribution in [0.3, 0.4) is 0 Å². The van der Waals surface area contributed by atoms with E-state index in [-0.39, 0.29) is 0 Å². The maximum Gasteiger partial charge on any atom is 0.135 e.